The molecule has 1 N–H and O–H groups in total. The maximum absolute atomic E-state index is 13.5. The number of benzene rings is 2. The first-order valence-corrected chi connectivity index (χ1v) is 11.9. The molecule has 0 aliphatic heterocycles. The Balaban J connectivity index is 1.92. The van der Waals surface area contributed by atoms with Gasteiger partial charge in [0.25, 0.3) is 0 Å². The Labute approximate surface area is 206 Å². The second-order valence-corrected chi connectivity index (χ2v) is 9.63. The molecule has 8 heteroatoms. The van der Waals surface area contributed by atoms with Crippen molar-refractivity contribution in [2.75, 3.05) is 19.7 Å². The second kappa shape index (κ2) is 11.7. The standard InChI is InChI=1S/C27H35F2N3O3/c1-6-15-31(16-23(33)18-34-27(3,4)5)17-25-19(2)30-32(22-11-7-20(28)8-12-22)26(25)35-24-13-9-21(29)10-14-24/h7-14,23,33H,6,15-18H2,1-5H3/t23-/m1/s1. The van der Waals surface area contributed by atoms with E-state index in [1.54, 1.807) is 28.9 Å². The van der Waals surface area contributed by atoms with Crippen LogP contribution in [0.25, 0.3) is 5.69 Å². The smallest absolute Gasteiger partial charge is 0.227 e. The maximum Gasteiger partial charge on any atom is 0.227 e. The van der Waals surface area contributed by atoms with Crippen molar-refractivity contribution in [1.29, 1.82) is 0 Å². The van der Waals surface area contributed by atoms with Crippen LogP contribution in [0.5, 0.6) is 11.6 Å². The highest BCUT2D eigenvalue weighted by molar-refractivity contribution is 5.43. The first kappa shape index (κ1) is 26.8. The third-order valence-electron chi connectivity index (χ3n) is 5.34. The van der Waals surface area contributed by atoms with E-state index in [-0.39, 0.29) is 23.8 Å². The van der Waals surface area contributed by atoms with Gasteiger partial charge in [0.1, 0.15) is 17.4 Å². The van der Waals surface area contributed by atoms with E-state index in [0.717, 1.165) is 24.2 Å². The van der Waals surface area contributed by atoms with Crippen molar-refractivity contribution in [3.63, 3.8) is 0 Å². The van der Waals surface area contributed by atoms with Crippen LogP contribution in [0.15, 0.2) is 48.5 Å². The van der Waals surface area contributed by atoms with Gasteiger partial charge in [-0.3, -0.25) is 4.90 Å². The number of nitrogens with zero attached hydrogens (tertiary/aromatic N) is 3. The average Bonchev–Trinajstić information content (AvgIpc) is 3.09. The number of halogens is 2. The quantitative estimate of drug-likeness (QED) is 0.379. The Hall–Kier alpha value is -2.81. The third-order valence-corrected chi connectivity index (χ3v) is 5.34. The summed E-state index contributed by atoms with van der Waals surface area (Å²) in [6.07, 6.45) is 0.237. The lowest BCUT2D eigenvalue weighted by atomic mass is 10.2. The van der Waals surface area contributed by atoms with Gasteiger partial charge in [0.2, 0.25) is 5.88 Å². The number of aliphatic hydroxyl groups excluding tert-OH is 1. The molecule has 0 spiro atoms. The van der Waals surface area contributed by atoms with Crippen LogP contribution < -0.4 is 4.74 Å². The number of aryl methyl sites for hydroxylation is 1. The fourth-order valence-electron chi connectivity index (χ4n) is 3.67. The summed E-state index contributed by atoms with van der Waals surface area (Å²) in [6, 6.07) is 11.7. The molecule has 1 atom stereocenters. The van der Waals surface area contributed by atoms with Gasteiger partial charge in [0.05, 0.1) is 35.3 Å². The lowest BCUT2D eigenvalue weighted by Gasteiger charge is -2.27. The molecule has 3 rings (SSSR count). The zero-order valence-corrected chi connectivity index (χ0v) is 21.1. The lowest BCUT2D eigenvalue weighted by molar-refractivity contribution is -0.0567. The molecule has 6 nitrogen and oxygen atoms in total. The number of aromatic nitrogens is 2. The van der Waals surface area contributed by atoms with Crippen molar-refractivity contribution in [2.45, 2.75) is 59.3 Å². The monoisotopic (exact) mass is 487 g/mol. The molecule has 1 aromatic heterocycles. The number of ether oxygens (including phenoxy) is 2. The molecule has 0 fully saturated rings. The molecule has 3 aromatic rings. The second-order valence-electron chi connectivity index (χ2n) is 9.63. The predicted molar refractivity (Wildman–Crippen MR) is 132 cm³/mol. The summed E-state index contributed by atoms with van der Waals surface area (Å²) in [7, 11) is 0. The van der Waals surface area contributed by atoms with E-state index in [9.17, 15) is 13.9 Å². The number of hydrogen-bond donors (Lipinski definition) is 1. The molecular formula is C27H35F2N3O3. The van der Waals surface area contributed by atoms with Crippen LogP contribution in [-0.4, -0.2) is 51.2 Å². The molecule has 35 heavy (non-hydrogen) atoms. The van der Waals surface area contributed by atoms with Gasteiger partial charge in [0.15, 0.2) is 0 Å². The van der Waals surface area contributed by atoms with Crippen molar-refractivity contribution in [1.82, 2.24) is 14.7 Å². The first-order valence-electron chi connectivity index (χ1n) is 11.9. The van der Waals surface area contributed by atoms with Gasteiger partial charge in [0, 0.05) is 13.1 Å². The first-order chi connectivity index (χ1) is 16.6. The number of aliphatic hydroxyl groups is 1. The molecule has 1 heterocycles. The fraction of sp³-hybridized carbons (Fsp3) is 0.444. The van der Waals surface area contributed by atoms with E-state index in [4.69, 9.17) is 9.47 Å². The zero-order chi connectivity index (χ0) is 25.6. The van der Waals surface area contributed by atoms with E-state index in [0.29, 0.717) is 30.4 Å². The van der Waals surface area contributed by atoms with Gasteiger partial charge < -0.3 is 14.6 Å². The van der Waals surface area contributed by atoms with Gasteiger partial charge >= 0.3 is 0 Å². The highest BCUT2D eigenvalue weighted by Gasteiger charge is 2.23. The number of hydrogen-bond acceptors (Lipinski definition) is 5. The predicted octanol–water partition coefficient (Wildman–Crippen LogP) is 5.64. The van der Waals surface area contributed by atoms with Gasteiger partial charge in [-0.15, -0.1) is 0 Å². The molecule has 190 valence electrons. The van der Waals surface area contributed by atoms with E-state index in [1.165, 1.54) is 24.3 Å². The molecule has 0 saturated heterocycles. The zero-order valence-electron chi connectivity index (χ0n) is 21.1. The van der Waals surface area contributed by atoms with Crippen LogP contribution in [0.2, 0.25) is 0 Å². The molecule has 0 amide bonds. The van der Waals surface area contributed by atoms with Crippen molar-refractivity contribution in [3.05, 3.63) is 71.4 Å². The SMILES string of the molecule is CCCN(Cc1c(C)nn(-c2ccc(F)cc2)c1Oc1ccc(F)cc1)C[C@@H](O)COC(C)(C)C. The van der Waals surface area contributed by atoms with Crippen LogP contribution in [0.3, 0.4) is 0 Å². The van der Waals surface area contributed by atoms with Crippen molar-refractivity contribution >= 4 is 0 Å². The summed E-state index contributed by atoms with van der Waals surface area (Å²) in [5, 5.41) is 15.3. The highest BCUT2D eigenvalue weighted by atomic mass is 19.1. The maximum atomic E-state index is 13.5. The van der Waals surface area contributed by atoms with Gasteiger partial charge in [-0.25, -0.2) is 13.5 Å². The topological polar surface area (TPSA) is 59.8 Å². The minimum Gasteiger partial charge on any atom is -0.439 e. The minimum atomic E-state index is -0.658. The molecular weight excluding hydrogens is 452 g/mol. The van der Waals surface area contributed by atoms with Gasteiger partial charge in [-0.2, -0.15) is 5.10 Å². The van der Waals surface area contributed by atoms with E-state index < -0.39 is 6.10 Å². The summed E-state index contributed by atoms with van der Waals surface area (Å²) in [5.41, 5.74) is 1.88. The van der Waals surface area contributed by atoms with E-state index in [2.05, 4.69) is 16.9 Å². The van der Waals surface area contributed by atoms with Crippen molar-refractivity contribution in [3.8, 4) is 17.3 Å². The van der Waals surface area contributed by atoms with Crippen LogP contribution in [-0.2, 0) is 11.3 Å². The minimum absolute atomic E-state index is 0.233. The van der Waals surface area contributed by atoms with E-state index >= 15 is 0 Å². The van der Waals surface area contributed by atoms with Gasteiger partial charge in [-0.1, -0.05) is 6.92 Å². The van der Waals surface area contributed by atoms with E-state index in [1.807, 2.05) is 27.7 Å². The van der Waals surface area contributed by atoms with Crippen molar-refractivity contribution < 1.29 is 23.4 Å². The fourth-order valence-corrected chi connectivity index (χ4v) is 3.67. The molecule has 0 unspecified atom stereocenters. The van der Waals surface area contributed by atoms with Crippen LogP contribution in [0, 0.1) is 18.6 Å². The molecule has 0 aliphatic rings. The molecule has 0 radical (unpaired) electrons. The summed E-state index contributed by atoms with van der Waals surface area (Å²) in [5.74, 6) is 0.208. The Morgan fingerprint density at radius 2 is 1.63 bits per heavy atom. The summed E-state index contributed by atoms with van der Waals surface area (Å²) in [6.45, 7) is 11.7. The van der Waals surface area contributed by atoms with Crippen LogP contribution in [0.4, 0.5) is 8.78 Å². The Kier molecular flexibility index (Phi) is 8.99. The normalized spacial score (nSPS) is 12.8. The largest absolute Gasteiger partial charge is 0.439 e. The lowest BCUT2D eigenvalue weighted by Crippen LogP contribution is -2.37. The third kappa shape index (κ3) is 7.85. The molecule has 0 saturated carbocycles. The summed E-state index contributed by atoms with van der Waals surface area (Å²) >= 11 is 0. The summed E-state index contributed by atoms with van der Waals surface area (Å²) in [4.78, 5) is 2.13. The Morgan fingerprint density at radius 3 is 2.20 bits per heavy atom. The molecule has 2 aromatic carbocycles. The van der Waals surface area contributed by atoms with Crippen LogP contribution >= 0.6 is 0 Å². The Bertz CT molecular complexity index is 1080. The van der Waals surface area contributed by atoms with Crippen LogP contribution in [0.1, 0.15) is 45.4 Å². The number of rotatable bonds is 11. The highest BCUT2D eigenvalue weighted by Crippen LogP contribution is 2.32. The van der Waals surface area contributed by atoms with Gasteiger partial charge in [-0.05, 0) is 89.2 Å². The Morgan fingerprint density at radius 1 is 1.03 bits per heavy atom. The van der Waals surface area contributed by atoms with Crippen molar-refractivity contribution in [2.24, 2.45) is 0 Å². The molecule has 0 aliphatic carbocycles. The average molecular weight is 488 g/mol. The summed E-state index contributed by atoms with van der Waals surface area (Å²) < 4.78 is 40.6. The molecule has 0 bridgehead atoms.